The predicted octanol–water partition coefficient (Wildman–Crippen LogP) is 2.73. The standard InChI is InChI=1S/C9H18O2S/c1-2-3-4-5-6-7-8(12)9(10)11/h8,12H,2-7H2,1H3,(H,10,11). The van der Waals surface area contributed by atoms with E-state index in [0.29, 0.717) is 6.42 Å². The molecule has 0 aliphatic rings. The van der Waals surface area contributed by atoms with Gasteiger partial charge in [-0.25, -0.2) is 0 Å². The third-order valence-corrected chi connectivity index (χ3v) is 2.35. The molecule has 0 bridgehead atoms. The molecule has 72 valence electrons. The van der Waals surface area contributed by atoms with E-state index in [4.69, 9.17) is 5.11 Å². The second-order valence-corrected chi connectivity index (χ2v) is 3.68. The lowest BCUT2D eigenvalue weighted by molar-refractivity contribution is -0.136. The molecule has 0 fully saturated rings. The lowest BCUT2D eigenvalue weighted by Crippen LogP contribution is -2.12. The van der Waals surface area contributed by atoms with Gasteiger partial charge in [-0.05, 0) is 6.42 Å². The van der Waals surface area contributed by atoms with Crippen molar-refractivity contribution in [1.82, 2.24) is 0 Å². The molecular weight excluding hydrogens is 172 g/mol. The first-order chi connectivity index (χ1) is 5.68. The Balaban J connectivity index is 3.14. The van der Waals surface area contributed by atoms with Gasteiger partial charge in [-0.15, -0.1) is 0 Å². The number of rotatable bonds is 7. The molecule has 0 aliphatic heterocycles. The van der Waals surface area contributed by atoms with Crippen molar-refractivity contribution in [3.63, 3.8) is 0 Å². The predicted molar refractivity (Wildman–Crippen MR) is 53.8 cm³/mol. The molecule has 1 unspecified atom stereocenters. The van der Waals surface area contributed by atoms with E-state index in [1.54, 1.807) is 0 Å². The summed E-state index contributed by atoms with van der Waals surface area (Å²) in [4.78, 5) is 10.3. The van der Waals surface area contributed by atoms with Crippen molar-refractivity contribution in [3.05, 3.63) is 0 Å². The van der Waals surface area contributed by atoms with Crippen LogP contribution in [-0.2, 0) is 4.79 Å². The SMILES string of the molecule is CCCCCCCC(S)C(=O)O. The highest BCUT2D eigenvalue weighted by Gasteiger charge is 2.10. The van der Waals surface area contributed by atoms with Crippen LogP contribution in [0.1, 0.15) is 45.4 Å². The summed E-state index contributed by atoms with van der Waals surface area (Å²) < 4.78 is 0. The zero-order valence-electron chi connectivity index (χ0n) is 7.62. The van der Waals surface area contributed by atoms with Gasteiger partial charge in [0, 0.05) is 0 Å². The molecule has 0 saturated heterocycles. The van der Waals surface area contributed by atoms with Crippen molar-refractivity contribution in [2.45, 2.75) is 50.7 Å². The van der Waals surface area contributed by atoms with Gasteiger partial charge in [0.15, 0.2) is 0 Å². The van der Waals surface area contributed by atoms with Crippen molar-refractivity contribution in [3.8, 4) is 0 Å². The second kappa shape index (κ2) is 7.47. The number of hydrogen-bond donors (Lipinski definition) is 2. The molecule has 0 saturated carbocycles. The molecule has 0 heterocycles. The molecule has 0 spiro atoms. The summed E-state index contributed by atoms with van der Waals surface area (Å²) in [7, 11) is 0. The summed E-state index contributed by atoms with van der Waals surface area (Å²) in [5, 5.41) is 8.04. The van der Waals surface area contributed by atoms with E-state index in [1.807, 2.05) is 0 Å². The first kappa shape index (κ1) is 11.8. The van der Waals surface area contributed by atoms with E-state index in [1.165, 1.54) is 19.3 Å². The van der Waals surface area contributed by atoms with Crippen LogP contribution in [0.5, 0.6) is 0 Å². The maximum Gasteiger partial charge on any atom is 0.316 e. The van der Waals surface area contributed by atoms with Gasteiger partial charge in [-0.2, -0.15) is 12.6 Å². The van der Waals surface area contributed by atoms with E-state index >= 15 is 0 Å². The molecule has 3 heteroatoms. The lowest BCUT2D eigenvalue weighted by atomic mass is 10.1. The van der Waals surface area contributed by atoms with Crippen LogP contribution in [0.2, 0.25) is 0 Å². The molecule has 1 N–H and O–H groups in total. The average Bonchev–Trinajstić information content (AvgIpc) is 2.03. The maximum absolute atomic E-state index is 10.3. The number of carbonyl (C=O) groups is 1. The Hall–Kier alpha value is -0.180. The number of carboxylic acid groups (broad SMARTS) is 1. The third-order valence-electron chi connectivity index (χ3n) is 1.87. The fourth-order valence-corrected chi connectivity index (χ4v) is 1.25. The van der Waals surface area contributed by atoms with Crippen molar-refractivity contribution in [1.29, 1.82) is 0 Å². The van der Waals surface area contributed by atoms with Crippen molar-refractivity contribution in [2.24, 2.45) is 0 Å². The van der Waals surface area contributed by atoms with E-state index in [9.17, 15) is 4.79 Å². The Morgan fingerprint density at radius 3 is 2.42 bits per heavy atom. The highest BCUT2D eigenvalue weighted by atomic mass is 32.1. The van der Waals surface area contributed by atoms with Crippen LogP contribution in [0.15, 0.2) is 0 Å². The number of unbranched alkanes of at least 4 members (excludes halogenated alkanes) is 4. The van der Waals surface area contributed by atoms with E-state index in [-0.39, 0.29) is 0 Å². The summed E-state index contributed by atoms with van der Waals surface area (Å²) in [5.74, 6) is -0.797. The quantitative estimate of drug-likeness (QED) is 0.478. The number of thiol groups is 1. The molecule has 0 aliphatic carbocycles. The highest BCUT2D eigenvalue weighted by molar-refractivity contribution is 7.81. The molecule has 12 heavy (non-hydrogen) atoms. The lowest BCUT2D eigenvalue weighted by Gasteiger charge is -2.03. The topological polar surface area (TPSA) is 37.3 Å². The van der Waals surface area contributed by atoms with Crippen molar-refractivity contribution >= 4 is 18.6 Å². The van der Waals surface area contributed by atoms with Gasteiger partial charge in [0.05, 0.1) is 5.25 Å². The van der Waals surface area contributed by atoms with Crippen LogP contribution in [0, 0.1) is 0 Å². The Kier molecular flexibility index (Phi) is 7.36. The first-order valence-electron chi connectivity index (χ1n) is 4.59. The Morgan fingerprint density at radius 2 is 1.92 bits per heavy atom. The molecule has 1 atom stereocenters. The fraction of sp³-hybridized carbons (Fsp3) is 0.889. The van der Waals surface area contributed by atoms with Crippen LogP contribution >= 0.6 is 12.6 Å². The van der Waals surface area contributed by atoms with Gasteiger partial charge >= 0.3 is 5.97 Å². The van der Waals surface area contributed by atoms with Gasteiger partial charge in [-0.3, -0.25) is 4.79 Å². The van der Waals surface area contributed by atoms with Crippen LogP contribution < -0.4 is 0 Å². The largest absolute Gasteiger partial charge is 0.480 e. The minimum absolute atomic E-state index is 0.466. The van der Waals surface area contributed by atoms with Gasteiger partial charge < -0.3 is 5.11 Å². The van der Waals surface area contributed by atoms with E-state index < -0.39 is 11.2 Å². The summed E-state index contributed by atoms with van der Waals surface area (Å²) in [6, 6.07) is 0. The van der Waals surface area contributed by atoms with Crippen molar-refractivity contribution in [2.75, 3.05) is 0 Å². The molecule has 0 radical (unpaired) electrons. The molecule has 0 aromatic heterocycles. The van der Waals surface area contributed by atoms with Gasteiger partial charge in [0.2, 0.25) is 0 Å². The third kappa shape index (κ3) is 6.53. The Labute approximate surface area is 79.8 Å². The molecular formula is C9H18O2S. The molecule has 0 rings (SSSR count). The summed E-state index contributed by atoms with van der Waals surface area (Å²) in [6.07, 6.45) is 6.52. The first-order valence-corrected chi connectivity index (χ1v) is 5.11. The number of hydrogen-bond acceptors (Lipinski definition) is 2. The highest BCUT2D eigenvalue weighted by Crippen LogP contribution is 2.10. The molecule has 0 aromatic carbocycles. The monoisotopic (exact) mass is 190 g/mol. The van der Waals surface area contributed by atoms with E-state index in [0.717, 1.165) is 12.8 Å². The number of carboxylic acids is 1. The van der Waals surface area contributed by atoms with Gasteiger partial charge in [0.25, 0.3) is 0 Å². The number of aliphatic carboxylic acids is 1. The van der Waals surface area contributed by atoms with Crippen LogP contribution in [0.25, 0.3) is 0 Å². The summed E-state index contributed by atoms with van der Waals surface area (Å²) in [5.41, 5.74) is 0. The Morgan fingerprint density at radius 1 is 1.33 bits per heavy atom. The molecule has 0 aromatic rings. The fourth-order valence-electron chi connectivity index (χ4n) is 1.06. The molecule has 0 amide bonds. The summed E-state index contributed by atoms with van der Waals surface area (Å²) in [6.45, 7) is 2.17. The van der Waals surface area contributed by atoms with Gasteiger partial charge in [-0.1, -0.05) is 39.0 Å². The van der Waals surface area contributed by atoms with Gasteiger partial charge in [0.1, 0.15) is 0 Å². The van der Waals surface area contributed by atoms with E-state index in [2.05, 4.69) is 19.6 Å². The molecule has 2 nitrogen and oxygen atoms in total. The average molecular weight is 190 g/mol. The Bertz CT molecular complexity index is 126. The maximum atomic E-state index is 10.3. The second-order valence-electron chi connectivity index (χ2n) is 3.06. The van der Waals surface area contributed by atoms with Crippen LogP contribution in [0.3, 0.4) is 0 Å². The van der Waals surface area contributed by atoms with Crippen LogP contribution in [0.4, 0.5) is 0 Å². The zero-order valence-corrected chi connectivity index (χ0v) is 8.52. The minimum Gasteiger partial charge on any atom is -0.480 e. The smallest absolute Gasteiger partial charge is 0.316 e. The normalized spacial score (nSPS) is 12.8. The minimum atomic E-state index is -0.797. The van der Waals surface area contributed by atoms with Crippen molar-refractivity contribution < 1.29 is 9.90 Å². The summed E-state index contributed by atoms with van der Waals surface area (Å²) >= 11 is 3.95. The van der Waals surface area contributed by atoms with Crippen LogP contribution in [-0.4, -0.2) is 16.3 Å². The zero-order chi connectivity index (χ0) is 9.40.